The zero-order chi connectivity index (χ0) is 21.3. The van der Waals surface area contributed by atoms with Crippen LogP contribution in [0.3, 0.4) is 0 Å². The minimum absolute atomic E-state index is 0. The number of hydrogen-bond donors (Lipinski definition) is 2. The van der Waals surface area contributed by atoms with Gasteiger partial charge in [-0.15, -0.1) is 24.0 Å². The van der Waals surface area contributed by atoms with E-state index in [0.29, 0.717) is 31.2 Å². The average molecular weight is 542 g/mol. The normalized spacial score (nSPS) is 26.2. The summed E-state index contributed by atoms with van der Waals surface area (Å²) in [6.45, 7) is 3.61. The summed E-state index contributed by atoms with van der Waals surface area (Å²) >= 11 is 0. The minimum atomic E-state index is -0.428. The van der Waals surface area contributed by atoms with Gasteiger partial charge in [0.25, 0.3) is 0 Å². The Kier molecular flexibility index (Phi) is 7.55. The molecule has 4 unspecified atom stereocenters. The third-order valence-corrected chi connectivity index (χ3v) is 6.17. The quantitative estimate of drug-likeness (QED) is 0.182. The van der Waals surface area contributed by atoms with E-state index in [1.807, 2.05) is 6.92 Å². The van der Waals surface area contributed by atoms with Crippen LogP contribution in [0.15, 0.2) is 35.3 Å². The maximum Gasteiger partial charge on any atom is 0.233 e. The predicted molar refractivity (Wildman–Crippen MR) is 126 cm³/mol. The van der Waals surface area contributed by atoms with Crippen molar-refractivity contribution < 1.29 is 18.7 Å². The Balaban J connectivity index is 0.00000272. The number of allylic oxidation sites excluding steroid dienone is 2. The Bertz CT molecular complexity index is 877. The van der Waals surface area contributed by atoms with Crippen LogP contribution in [0.4, 0.5) is 4.39 Å². The van der Waals surface area contributed by atoms with Gasteiger partial charge in [0.15, 0.2) is 17.5 Å². The highest BCUT2D eigenvalue weighted by Gasteiger charge is 2.58. The molecule has 168 valence electrons. The fraction of sp³-hybridized carbons (Fsp3) is 0.500. The van der Waals surface area contributed by atoms with Gasteiger partial charge in [0.2, 0.25) is 11.8 Å². The van der Waals surface area contributed by atoms with Crippen LogP contribution in [0.1, 0.15) is 18.9 Å². The monoisotopic (exact) mass is 542 g/mol. The third-order valence-electron chi connectivity index (χ3n) is 6.17. The van der Waals surface area contributed by atoms with Crippen molar-refractivity contribution in [1.29, 1.82) is 0 Å². The molecule has 4 atom stereocenters. The summed E-state index contributed by atoms with van der Waals surface area (Å²) in [5.74, 6) is 0.341. The summed E-state index contributed by atoms with van der Waals surface area (Å²) in [5.41, 5.74) is 0.714. The molecule has 1 aromatic carbocycles. The maximum absolute atomic E-state index is 13.8. The van der Waals surface area contributed by atoms with E-state index in [-0.39, 0.29) is 71.8 Å². The van der Waals surface area contributed by atoms with Gasteiger partial charge >= 0.3 is 0 Å². The number of carbonyl (C=O) groups excluding carboxylic acids is 2. The molecular weight excluding hydrogens is 514 g/mol. The molecule has 1 heterocycles. The number of likely N-dealkylation sites (tertiary alicyclic amines) is 1. The molecule has 2 amide bonds. The molecule has 0 spiro atoms. The summed E-state index contributed by atoms with van der Waals surface area (Å²) in [4.78, 5) is 31.3. The number of benzene rings is 1. The molecule has 0 radical (unpaired) electrons. The van der Waals surface area contributed by atoms with E-state index in [0.717, 1.165) is 6.42 Å². The molecule has 2 aliphatic carbocycles. The number of ether oxygens (including phenoxy) is 1. The second-order valence-electron chi connectivity index (χ2n) is 7.92. The molecule has 2 N–H and O–H groups in total. The van der Waals surface area contributed by atoms with E-state index in [9.17, 15) is 14.0 Å². The number of hydrogen-bond acceptors (Lipinski definition) is 4. The van der Waals surface area contributed by atoms with Crippen molar-refractivity contribution in [2.75, 3.05) is 26.7 Å². The summed E-state index contributed by atoms with van der Waals surface area (Å²) in [6.07, 6.45) is 5.12. The lowest BCUT2D eigenvalue weighted by Crippen LogP contribution is -2.43. The molecule has 7 nitrogen and oxygen atoms in total. The lowest BCUT2D eigenvalue weighted by atomic mass is 9.85. The maximum atomic E-state index is 13.8. The first-order chi connectivity index (χ1) is 14.5. The Morgan fingerprint density at radius 2 is 1.87 bits per heavy atom. The molecule has 9 heteroatoms. The Labute approximate surface area is 198 Å². The SMILES string of the molecule is CCNC(=NCc1ccc(OC)c(F)c1)NCCN1C(=O)C2C3C=CC(C3)C2C1=O.I. The molecule has 2 fully saturated rings. The van der Waals surface area contributed by atoms with Gasteiger partial charge in [0.05, 0.1) is 25.5 Å². The van der Waals surface area contributed by atoms with E-state index < -0.39 is 5.82 Å². The van der Waals surface area contributed by atoms with Crippen LogP contribution in [0.5, 0.6) is 5.75 Å². The molecule has 1 saturated heterocycles. The van der Waals surface area contributed by atoms with Crippen LogP contribution in [0.2, 0.25) is 0 Å². The van der Waals surface area contributed by atoms with Crippen molar-refractivity contribution in [3.8, 4) is 5.75 Å². The van der Waals surface area contributed by atoms with Crippen molar-refractivity contribution in [2.24, 2.45) is 28.7 Å². The van der Waals surface area contributed by atoms with E-state index in [4.69, 9.17) is 4.74 Å². The zero-order valence-corrected chi connectivity index (χ0v) is 20.0. The number of guanidine groups is 1. The molecule has 2 bridgehead atoms. The Morgan fingerprint density at radius 3 is 2.45 bits per heavy atom. The van der Waals surface area contributed by atoms with Crippen LogP contribution in [0.25, 0.3) is 0 Å². The highest BCUT2D eigenvalue weighted by molar-refractivity contribution is 14.0. The number of halogens is 2. The number of carbonyl (C=O) groups is 2. The van der Waals surface area contributed by atoms with Crippen molar-refractivity contribution in [1.82, 2.24) is 15.5 Å². The fourth-order valence-corrected chi connectivity index (χ4v) is 4.79. The largest absolute Gasteiger partial charge is 0.494 e. The number of aliphatic imine (C=N–C) groups is 1. The second-order valence-corrected chi connectivity index (χ2v) is 7.92. The van der Waals surface area contributed by atoms with Crippen molar-refractivity contribution >= 4 is 41.8 Å². The second kappa shape index (κ2) is 9.97. The molecule has 0 aromatic heterocycles. The van der Waals surface area contributed by atoms with Gasteiger partial charge in [-0.25, -0.2) is 9.38 Å². The molecule has 3 aliphatic rings. The Hall–Kier alpha value is -2.17. The van der Waals surface area contributed by atoms with E-state index >= 15 is 0 Å². The molecule has 1 aliphatic heterocycles. The fourth-order valence-electron chi connectivity index (χ4n) is 4.79. The van der Waals surface area contributed by atoms with Gasteiger partial charge in [0, 0.05) is 19.6 Å². The smallest absolute Gasteiger partial charge is 0.233 e. The molecule has 31 heavy (non-hydrogen) atoms. The summed E-state index contributed by atoms with van der Waals surface area (Å²) in [6, 6.07) is 4.73. The van der Waals surface area contributed by atoms with Gasteiger partial charge in [0.1, 0.15) is 0 Å². The van der Waals surface area contributed by atoms with Crippen LogP contribution >= 0.6 is 24.0 Å². The topological polar surface area (TPSA) is 83.0 Å². The number of amides is 2. The first-order valence-electron chi connectivity index (χ1n) is 10.4. The molecule has 4 rings (SSSR count). The third kappa shape index (κ3) is 4.56. The van der Waals surface area contributed by atoms with E-state index in [2.05, 4.69) is 27.8 Å². The van der Waals surface area contributed by atoms with Gasteiger partial charge in [-0.2, -0.15) is 0 Å². The summed E-state index contributed by atoms with van der Waals surface area (Å²) in [7, 11) is 1.42. The van der Waals surface area contributed by atoms with Crippen molar-refractivity contribution in [2.45, 2.75) is 19.9 Å². The summed E-state index contributed by atoms with van der Waals surface area (Å²) < 4.78 is 18.8. The van der Waals surface area contributed by atoms with Crippen molar-refractivity contribution in [3.05, 3.63) is 41.7 Å². The number of methoxy groups -OCH3 is 1. The van der Waals surface area contributed by atoms with Gasteiger partial charge < -0.3 is 15.4 Å². The highest BCUT2D eigenvalue weighted by Crippen LogP contribution is 2.52. The van der Waals surface area contributed by atoms with Crippen LogP contribution in [-0.2, 0) is 16.1 Å². The average Bonchev–Trinajstić information content (AvgIpc) is 3.41. The van der Waals surface area contributed by atoms with Crippen LogP contribution < -0.4 is 15.4 Å². The number of imide groups is 1. The van der Waals surface area contributed by atoms with Gasteiger partial charge in [-0.05, 0) is 42.9 Å². The zero-order valence-electron chi connectivity index (χ0n) is 17.6. The first kappa shape index (κ1) is 23.5. The lowest BCUT2D eigenvalue weighted by Gasteiger charge is -2.18. The minimum Gasteiger partial charge on any atom is -0.494 e. The van der Waals surface area contributed by atoms with Crippen LogP contribution in [-0.4, -0.2) is 49.4 Å². The van der Waals surface area contributed by atoms with E-state index in [1.165, 1.54) is 18.1 Å². The van der Waals surface area contributed by atoms with Crippen LogP contribution in [0, 0.1) is 29.5 Å². The molecule has 1 aromatic rings. The number of nitrogens with one attached hydrogen (secondary N) is 2. The lowest BCUT2D eigenvalue weighted by molar-refractivity contribution is -0.140. The van der Waals surface area contributed by atoms with Gasteiger partial charge in [-0.3, -0.25) is 14.5 Å². The van der Waals surface area contributed by atoms with E-state index in [1.54, 1.807) is 12.1 Å². The Morgan fingerprint density at radius 1 is 1.19 bits per heavy atom. The predicted octanol–water partition coefficient (Wildman–Crippen LogP) is 2.31. The number of rotatable bonds is 7. The summed E-state index contributed by atoms with van der Waals surface area (Å²) in [5, 5.41) is 6.28. The van der Waals surface area contributed by atoms with Gasteiger partial charge in [-0.1, -0.05) is 18.2 Å². The molecule has 1 saturated carbocycles. The first-order valence-corrected chi connectivity index (χ1v) is 10.4. The highest BCUT2D eigenvalue weighted by atomic mass is 127. The van der Waals surface area contributed by atoms with Crippen molar-refractivity contribution in [3.63, 3.8) is 0 Å². The standard InChI is InChI=1S/C22H27FN4O3.HI/c1-3-24-22(26-12-13-4-7-17(30-2)16(23)10-13)25-8-9-27-20(28)18-14-5-6-15(11-14)19(18)21(27)29;/h4-7,10,14-15,18-19H,3,8-9,11-12H2,1-2H3,(H2,24,25,26);1H. The molecular formula is C22H28FIN4O3. The number of fused-ring (bicyclic) bond motifs is 5. The number of nitrogens with zero attached hydrogens (tertiary/aromatic N) is 2.